The summed E-state index contributed by atoms with van der Waals surface area (Å²) in [4.78, 5) is 29.8. The number of hydrogen-bond acceptors (Lipinski definition) is 4. The molecule has 2 amide bonds. The van der Waals surface area contributed by atoms with Gasteiger partial charge < -0.3 is 20.4 Å². The second-order valence-electron chi connectivity index (χ2n) is 8.45. The van der Waals surface area contributed by atoms with Crippen LogP contribution >= 0.6 is 0 Å². The van der Waals surface area contributed by atoms with Gasteiger partial charge in [-0.2, -0.15) is 0 Å². The smallest absolute Gasteiger partial charge is 0.253 e. The van der Waals surface area contributed by atoms with Crippen molar-refractivity contribution in [2.75, 3.05) is 49.5 Å². The average molecular weight is 401 g/mol. The van der Waals surface area contributed by atoms with Gasteiger partial charge in [0.1, 0.15) is 0 Å². The first-order chi connectivity index (χ1) is 14.0. The largest absolute Gasteiger partial charge is 0.371 e. The molecule has 1 aliphatic heterocycles. The fraction of sp³-hybridized carbons (Fsp3) is 0.652. The normalized spacial score (nSPS) is 17.4. The second-order valence-corrected chi connectivity index (χ2v) is 8.45. The van der Waals surface area contributed by atoms with E-state index in [1.807, 2.05) is 18.2 Å². The molecule has 1 saturated heterocycles. The van der Waals surface area contributed by atoms with Crippen LogP contribution in [0.15, 0.2) is 18.2 Å². The van der Waals surface area contributed by atoms with E-state index in [0.717, 1.165) is 70.0 Å². The zero-order chi connectivity index (χ0) is 20.8. The van der Waals surface area contributed by atoms with E-state index in [1.165, 1.54) is 0 Å². The highest BCUT2D eigenvalue weighted by atomic mass is 16.2. The number of anilines is 2. The van der Waals surface area contributed by atoms with Crippen molar-refractivity contribution in [1.82, 2.24) is 10.2 Å². The Kier molecular flexibility index (Phi) is 7.53. The van der Waals surface area contributed by atoms with E-state index in [0.29, 0.717) is 17.8 Å². The minimum atomic E-state index is -0.0618. The Balaban J connectivity index is 1.73. The predicted octanol–water partition coefficient (Wildman–Crippen LogP) is 3.34. The van der Waals surface area contributed by atoms with Crippen molar-refractivity contribution in [2.24, 2.45) is 11.8 Å². The van der Waals surface area contributed by atoms with E-state index in [2.05, 4.69) is 41.2 Å². The molecule has 29 heavy (non-hydrogen) atoms. The lowest BCUT2D eigenvalue weighted by atomic mass is 9.97. The summed E-state index contributed by atoms with van der Waals surface area (Å²) in [5.41, 5.74) is 2.35. The third-order valence-corrected chi connectivity index (χ3v) is 6.19. The molecule has 160 valence electrons. The van der Waals surface area contributed by atoms with Gasteiger partial charge in [0.15, 0.2) is 0 Å². The third-order valence-electron chi connectivity index (χ3n) is 6.19. The molecular weight excluding hydrogens is 364 g/mol. The van der Waals surface area contributed by atoms with E-state index in [4.69, 9.17) is 0 Å². The van der Waals surface area contributed by atoms with Crippen molar-refractivity contribution in [3.8, 4) is 0 Å². The van der Waals surface area contributed by atoms with E-state index in [9.17, 15) is 9.59 Å². The monoisotopic (exact) mass is 400 g/mol. The Labute approximate surface area is 175 Å². The van der Waals surface area contributed by atoms with Gasteiger partial charge in [0.25, 0.3) is 5.91 Å². The summed E-state index contributed by atoms with van der Waals surface area (Å²) < 4.78 is 0. The van der Waals surface area contributed by atoms with Crippen molar-refractivity contribution in [1.29, 1.82) is 0 Å². The summed E-state index contributed by atoms with van der Waals surface area (Å²) in [6, 6.07) is 5.78. The molecule has 0 spiro atoms. The topological polar surface area (TPSA) is 64.7 Å². The van der Waals surface area contributed by atoms with Gasteiger partial charge in [-0.1, -0.05) is 20.8 Å². The van der Waals surface area contributed by atoms with E-state index in [1.54, 1.807) is 0 Å². The first-order valence-corrected chi connectivity index (χ1v) is 11.2. The second kappa shape index (κ2) is 10.1. The van der Waals surface area contributed by atoms with Gasteiger partial charge in [0.05, 0.1) is 5.56 Å². The molecule has 1 heterocycles. The fourth-order valence-electron chi connectivity index (χ4n) is 3.87. The van der Waals surface area contributed by atoms with E-state index < -0.39 is 0 Å². The number of nitrogens with zero attached hydrogens (tertiary/aromatic N) is 2. The van der Waals surface area contributed by atoms with Crippen molar-refractivity contribution in [3.05, 3.63) is 23.8 Å². The summed E-state index contributed by atoms with van der Waals surface area (Å²) in [5.74, 6) is 0.880. The quantitative estimate of drug-likeness (QED) is 0.667. The number of benzene rings is 1. The highest BCUT2D eigenvalue weighted by Crippen LogP contribution is 2.32. The molecule has 3 rings (SSSR count). The number of rotatable bonds is 9. The molecule has 1 saturated carbocycles. The Hall–Kier alpha value is -2.08. The lowest BCUT2D eigenvalue weighted by molar-refractivity contribution is -0.117. The molecule has 1 aromatic rings. The highest BCUT2D eigenvalue weighted by Gasteiger charge is 2.30. The zero-order valence-electron chi connectivity index (χ0n) is 18.2. The van der Waals surface area contributed by atoms with Crippen molar-refractivity contribution < 1.29 is 9.59 Å². The number of carbonyl (C=O) groups excluding carboxylic acids is 2. The molecule has 0 unspecified atom stereocenters. The summed E-state index contributed by atoms with van der Waals surface area (Å²) >= 11 is 0. The third kappa shape index (κ3) is 5.95. The van der Waals surface area contributed by atoms with Crippen LogP contribution in [-0.2, 0) is 4.79 Å². The summed E-state index contributed by atoms with van der Waals surface area (Å²) in [5, 5.41) is 6.07. The maximum Gasteiger partial charge on any atom is 0.253 e. The van der Waals surface area contributed by atoms with Crippen LogP contribution < -0.4 is 15.5 Å². The molecule has 0 radical (unpaired) electrons. The molecule has 2 fully saturated rings. The van der Waals surface area contributed by atoms with Crippen LogP contribution in [0.3, 0.4) is 0 Å². The van der Waals surface area contributed by atoms with Gasteiger partial charge in [-0.15, -0.1) is 0 Å². The summed E-state index contributed by atoms with van der Waals surface area (Å²) in [7, 11) is 0. The molecule has 0 bridgehead atoms. The number of hydrogen-bond donors (Lipinski definition) is 2. The molecule has 0 aromatic heterocycles. The summed E-state index contributed by atoms with van der Waals surface area (Å²) in [6.45, 7) is 11.9. The molecular formula is C23H36N4O2. The number of amides is 2. The first-order valence-electron chi connectivity index (χ1n) is 11.2. The van der Waals surface area contributed by atoms with Crippen LogP contribution in [0, 0.1) is 11.8 Å². The molecule has 2 N–H and O–H groups in total. The van der Waals surface area contributed by atoms with Crippen LogP contribution in [0.4, 0.5) is 11.4 Å². The number of carbonyl (C=O) groups is 2. The van der Waals surface area contributed by atoms with E-state index >= 15 is 0 Å². The Morgan fingerprint density at radius 2 is 1.79 bits per heavy atom. The van der Waals surface area contributed by atoms with E-state index in [-0.39, 0.29) is 17.7 Å². The molecule has 1 aromatic carbocycles. The van der Waals surface area contributed by atoms with Crippen LogP contribution in [0.5, 0.6) is 0 Å². The highest BCUT2D eigenvalue weighted by molar-refractivity contribution is 6.02. The maximum absolute atomic E-state index is 13.0. The average Bonchev–Trinajstić information content (AvgIpc) is 3.57. The number of nitrogens with one attached hydrogen (secondary N) is 2. The van der Waals surface area contributed by atoms with Gasteiger partial charge >= 0.3 is 0 Å². The molecule has 6 nitrogen and oxygen atoms in total. The lowest BCUT2D eigenvalue weighted by Crippen LogP contribution is -2.37. The Morgan fingerprint density at radius 1 is 1.10 bits per heavy atom. The molecule has 0 atom stereocenters. The molecule has 6 heteroatoms. The first kappa shape index (κ1) is 21.6. The zero-order valence-corrected chi connectivity index (χ0v) is 18.2. The Morgan fingerprint density at radius 3 is 2.41 bits per heavy atom. The molecule has 1 aliphatic carbocycles. The number of likely N-dealkylation sites (N-methyl/N-ethyl adjacent to an activating group) is 1. The van der Waals surface area contributed by atoms with Gasteiger partial charge in [-0.3, -0.25) is 9.59 Å². The van der Waals surface area contributed by atoms with Gasteiger partial charge in [-0.05, 0) is 62.9 Å². The maximum atomic E-state index is 13.0. The summed E-state index contributed by atoms with van der Waals surface area (Å²) in [6.07, 6.45) is 4.22. The standard InChI is InChI=1S/C23H36N4O2/c1-4-26(5-2)15-12-24-23(29)20-16-19(25-22(28)18-6-7-18)8-9-21(20)27-13-10-17(3)11-14-27/h8-9,16-18H,4-7,10-15H2,1-3H3,(H,24,29)(H,25,28). The fourth-order valence-corrected chi connectivity index (χ4v) is 3.87. The van der Waals surface area contributed by atoms with Crippen LogP contribution in [0.1, 0.15) is 56.8 Å². The van der Waals surface area contributed by atoms with Crippen molar-refractivity contribution in [3.63, 3.8) is 0 Å². The minimum absolute atomic E-state index is 0.0618. The van der Waals surface area contributed by atoms with Crippen molar-refractivity contribution in [2.45, 2.75) is 46.5 Å². The number of piperidine rings is 1. The Bertz CT molecular complexity index is 705. The van der Waals surface area contributed by atoms with Crippen LogP contribution in [0.25, 0.3) is 0 Å². The van der Waals surface area contributed by atoms with Crippen LogP contribution in [-0.4, -0.2) is 56.0 Å². The predicted molar refractivity (Wildman–Crippen MR) is 119 cm³/mol. The van der Waals surface area contributed by atoms with Crippen LogP contribution in [0.2, 0.25) is 0 Å². The van der Waals surface area contributed by atoms with Gasteiger partial charge in [-0.25, -0.2) is 0 Å². The van der Waals surface area contributed by atoms with Crippen molar-refractivity contribution >= 4 is 23.2 Å². The van der Waals surface area contributed by atoms with Gasteiger partial charge in [0.2, 0.25) is 5.91 Å². The SMILES string of the molecule is CCN(CC)CCNC(=O)c1cc(NC(=O)C2CC2)ccc1N1CCC(C)CC1. The lowest BCUT2D eigenvalue weighted by Gasteiger charge is -2.33. The minimum Gasteiger partial charge on any atom is -0.371 e. The molecule has 2 aliphatic rings. The van der Waals surface area contributed by atoms with Gasteiger partial charge in [0, 0.05) is 43.5 Å².